The van der Waals surface area contributed by atoms with Gasteiger partial charge in [-0.3, -0.25) is 4.90 Å². The molecule has 1 saturated heterocycles. The van der Waals surface area contributed by atoms with E-state index in [1.807, 2.05) is 12.1 Å². The van der Waals surface area contributed by atoms with E-state index in [9.17, 15) is 0 Å². The lowest BCUT2D eigenvalue weighted by Gasteiger charge is -2.38. The zero-order valence-electron chi connectivity index (χ0n) is 11.7. The molecule has 106 valence electrons. The van der Waals surface area contributed by atoms with Crippen LogP contribution >= 0.6 is 15.9 Å². The molecule has 4 heteroatoms. The lowest BCUT2D eigenvalue weighted by molar-refractivity contribution is -0.0495. The molecule has 0 aromatic heterocycles. The first kappa shape index (κ1) is 15.0. The molecule has 2 atom stereocenters. The summed E-state index contributed by atoms with van der Waals surface area (Å²) in [6, 6.07) is 8.94. The van der Waals surface area contributed by atoms with Gasteiger partial charge < -0.3 is 10.5 Å². The fourth-order valence-electron chi connectivity index (χ4n) is 2.49. The number of ether oxygens (including phenoxy) is 1. The SMILES string of the molecule is CC(C)N1CCOC(C(N)Cc2cccc(Br)c2)C1. The standard InChI is InChI=1S/C15H23BrN2O/c1-11(2)18-6-7-19-15(10-18)14(17)9-12-4-3-5-13(16)8-12/h3-5,8,11,14-15H,6-7,9-10,17H2,1-2H3. The van der Waals surface area contributed by atoms with Gasteiger partial charge in [0.1, 0.15) is 0 Å². The average molecular weight is 327 g/mol. The third-order valence-corrected chi connectivity index (χ3v) is 4.19. The molecule has 19 heavy (non-hydrogen) atoms. The fourth-order valence-corrected chi connectivity index (χ4v) is 2.94. The summed E-state index contributed by atoms with van der Waals surface area (Å²) in [5.41, 5.74) is 7.58. The van der Waals surface area contributed by atoms with E-state index < -0.39 is 0 Å². The smallest absolute Gasteiger partial charge is 0.0856 e. The van der Waals surface area contributed by atoms with Gasteiger partial charge in [0.2, 0.25) is 0 Å². The van der Waals surface area contributed by atoms with E-state index in [1.165, 1.54) is 5.56 Å². The van der Waals surface area contributed by atoms with Crippen LogP contribution in [0, 0.1) is 0 Å². The molecule has 1 aromatic carbocycles. The Balaban J connectivity index is 1.94. The van der Waals surface area contributed by atoms with E-state index in [-0.39, 0.29) is 12.1 Å². The molecule has 0 aliphatic carbocycles. The van der Waals surface area contributed by atoms with E-state index in [2.05, 4.69) is 46.8 Å². The van der Waals surface area contributed by atoms with Crippen molar-refractivity contribution in [3.8, 4) is 0 Å². The van der Waals surface area contributed by atoms with Gasteiger partial charge in [-0.15, -0.1) is 0 Å². The quantitative estimate of drug-likeness (QED) is 0.923. The summed E-state index contributed by atoms with van der Waals surface area (Å²) in [4.78, 5) is 2.44. The van der Waals surface area contributed by atoms with Crippen LogP contribution in [0.15, 0.2) is 28.7 Å². The highest BCUT2D eigenvalue weighted by molar-refractivity contribution is 9.10. The van der Waals surface area contributed by atoms with Crippen molar-refractivity contribution in [2.24, 2.45) is 5.73 Å². The molecule has 1 aliphatic rings. The maximum Gasteiger partial charge on any atom is 0.0856 e. The third-order valence-electron chi connectivity index (χ3n) is 3.69. The van der Waals surface area contributed by atoms with E-state index in [0.29, 0.717) is 6.04 Å². The number of halogens is 1. The number of morpholine rings is 1. The van der Waals surface area contributed by atoms with Crippen molar-refractivity contribution in [1.82, 2.24) is 4.90 Å². The molecule has 0 radical (unpaired) electrons. The Kier molecular flexibility index (Phi) is 5.39. The predicted molar refractivity (Wildman–Crippen MR) is 82.3 cm³/mol. The summed E-state index contributed by atoms with van der Waals surface area (Å²) in [5.74, 6) is 0. The van der Waals surface area contributed by atoms with Crippen molar-refractivity contribution in [3.05, 3.63) is 34.3 Å². The molecule has 1 fully saturated rings. The van der Waals surface area contributed by atoms with Gasteiger partial charge in [-0.2, -0.15) is 0 Å². The maximum atomic E-state index is 6.33. The van der Waals surface area contributed by atoms with Gasteiger partial charge in [0, 0.05) is 29.6 Å². The molecule has 0 spiro atoms. The van der Waals surface area contributed by atoms with Gasteiger partial charge in [0.05, 0.1) is 12.7 Å². The van der Waals surface area contributed by atoms with Crippen LogP contribution in [0.1, 0.15) is 19.4 Å². The molecule has 1 aromatic rings. The summed E-state index contributed by atoms with van der Waals surface area (Å²) < 4.78 is 6.95. The van der Waals surface area contributed by atoms with Gasteiger partial charge in [0.15, 0.2) is 0 Å². The predicted octanol–water partition coefficient (Wildman–Crippen LogP) is 2.43. The first-order chi connectivity index (χ1) is 9.06. The van der Waals surface area contributed by atoms with Crippen LogP contribution in [0.5, 0.6) is 0 Å². The zero-order chi connectivity index (χ0) is 13.8. The Morgan fingerprint density at radius 1 is 1.47 bits per heavy atom. The van der Waals surface area contributed by atoms with Crippen LogP contribution in [0.25, 0.3) is 0 Å². The second kappa shape index (κ2) is 6.84. The van der Waals surface area contributed by atoms with Gasteiger partial charge in [0.25, 0.3) is 0 Å². The minimum Gasteiger partial charge on any atom is -0.374 e. The number of nitrogens with zero attached hydrogens (tertiary/aromatic N) is 1. The van der Waals surface area contributed by atoms with E-state index in [0.717, 1.165) is 30.6 Å². The highest BCUT2D eigenvalue weighted by atomic mass is 79.9. The van der Waals surface area contributed by atoms with Gasteiger partial charge >= 0.3 is 0 Å². The Hall–Kier alpha value is -0.420. The summed E-state index contributed by atoms with van der Waals surface area (Å²) >= 11 is 3.50. The van der Waals surface area contributed by atoms with E-state index in [4.69, 9.17) is 10.5 Å². The molecule has 1 aliphatic heterocycles. The molecule has 2 unspecified atom stereocenters. The van der Waals surface area contributed by atoms with Crippen LogP contribution in [-0.4, -0.2) is 42.8 Å². The average Bonchev–Trinajstić information content (AvgIpc) is 2.39. The Morgan fingerprint density at radius 3 is 2.95 bits per heavy atom. The van der Waals surface area contributed by atoms with Crippen molar-refractivity contribution in [2.75, 3.05) is 19.7 Å². The number of rotatable bonds is 4. The first-order valence-electron chi connectivity index (χ1n) is 6.92. The number of nitrogens with two attached hydrogens (primary N) is 1. The van der Waals surface area contributed by atoms with E-state index >= 15 is 0 Å². The van der Waals surface area contributed by atoms with Crippen molar-refractivity contribution in [1.29, 1.82) is 0 Å². The van der Waals surface area contributed by atoms with Crippen molar-refractivity contribution in [2.45, 2.75) is 38.5 Å². The molecule has 2 rings (SSSR count). The van der Waals surface area contributed by atoms with Crippen molar-refractivity contribution in [3.63, 3.8) is 0 Å². The Bertz CT molecular complexity index is 411. The second-order valence-electron chi connectivity index (χ2n) is 5.50. The van der Waals surface area contributed by atoms with Gasteiger partial charge in [-0.1, -0.05) is 28.1 Å². The number of hydrogen-bond donors (Lipinski definition) is 1. The highest BCUT2D eigenvalue weighted by Gasteiger charge is 2.27. The summed E-state index contributed by atoms with van der Waals surface area (Å²) in [6.45, 7) is 7.18. The summed E-state index contributed by atoms with van der Waals surface area (Å²) in [6.07, 6.45) is 0.992. The molecule has 0 bridgehead atoms. The van der Waals surface area contributed by atoms with Crippen LogP contribution < -0.4 is 5.73 Å². The molecule has 0 amide bonds. The normalized spacial score (nSPS) is 22.7. The largest absolute Gasteiger partial charge is 0.374 e. The molecule has 0 saturated carbocycles. The van der Waals surface area contributed by atoms with E-state index in [1.54, 1.807) is 0 Å². The van der Waals surface area contributed by atoms with Crippen LogP contribution in [0.2, 0.25) is 0 Å². The molecular weight excluding hydrogens is 304 g/mol. The second-order valence-corrected chi connectivity index (χ2v) is 6.41. The maximum absolute atomic E-state index is 6.33. The monoisotopic (exact) mass is 326 g/mol. The lowest BCUT2D eigenvalue weighted by atomic mass is 10.0. The first-order valence-corrected chi connectivity index (χ1v) is 7.71. The summed E-state index contributed by atoms with van der Waals surface area (Å²) in [5, 5.41) is 0. The Morgan fingerprint density at radius 2 is 2.26 bits per heavy atom. The molecule has 3 nitrogen and oxygen atoms in total. The van der Waals surface area contributed by atoms with Crippen molar-refractivity contribution < 1.29 is 4.74 Å². The summed E-state index contributed by atoms with van der Waals surface area (Å²) in [7, 11) is 0. The Labute approximate surface area is 124 Å². The minimum absolute atomic E-state index is 0.0517. The molecular formula is C15H23BrN2O. The minimum atomic E-state index is 0.0517. The molecule has 2 N–H and O–H groups in total. The lowest BCUT2D eigenvalue weighted by Crippen LogP contribution is -2.53. The topological polar surface area (TPSA) is 38.5 Å². The highest BCUT2D eigenvalue weighted by Crippen LogP contribution is 2.16. The third kappa shape index (κ3) is 4.28. The number of benzene rings is 1. The fraction of sp³-hybridized carbons (Fsp3) is 0.600. The van der Waals surface area contributed by atoms with Gasteiger partial charge in [-0.05, 0) is 38.0 Å². The molecule has 1 heterocycles. The number of hydrogen-bond acceptors (Lipinski definition) is 3. The van der Waals surface area contributed by atoms with Crippen LogP contribution in [0.4, 0.5) is 0 Å². The zero-order valence-corrected chi connectivity index (χ0v) is 13.3. The van der Waals surface area contributed by atoms with Crippen molar-refractivity contribution >= 4 is 15.9 Å². The van der Waals surface area contributed by atoms with Crippen LogP contribution in [-0.2, 0) is 11.2 Å². The van der Waals surface area contributed by atoms with Crippen LogP contribution in [0.3, 0.4) is 0 Å². The van der Waals surface area contributed by atoms with Gasteiger partial charge in [-0.25, -0.2) is 0 Å².